The molecule has 0 aliphatic rings. The van der Waals surface area contributed by atoms with Gasteiger partial charge >= 0.3 is 5.63 Å². The number of pyridine rings is 1. The fourth-order valence-electron chi connectivity index (χ4n) is 2.32. The molecule has 0 aliphatic carbocycles. The average molecular weight is 321 g/mol. The molecule has 7 heteroatoms. The lowest BCUT2D eigenvalue weighted by Gasteiger charge is -2.02. The van der Waals surface area contributed by atoms with E-state index in [4.69, 9.17) is 13.7 Å². The summed E-state index contributed by atoms with van der Waals surface area (Å²) in [5.41, 5.74) is 0.827. The van der Waals surface area contributed by atoms with Gasteiger partial charge in [-0.3, -0.25) is 4.98 Å². The molecule has 0 saturated heterocycles. The first-order valence-corrected chi connectivity index (χ1v) is 7.11. The number of benzene rings is 1. The van der Waals surface area contributed by atoms with E-state index in [-0.39, 0.29) is 11.5 Å². The predicted molar refractivity (Wildman–Crippen MR) is 85.6 cm³/mol. The van der Waals surface area contributed by atoms with Crippen LogP contribution in [-0.2, 0) is 0 Å². The van der Waals surface area contributed by atoms with Gasteiger partial charge in [-0.25, -0.2) is 4.79 Å². The molecule has 7 nitrogen and oxygen atoms in total. The normalized spacial score (nSPS) is 10.9. The fourth-order valence-corrected chi connectivity index (χ4v) is 2.32. The number of fused-ring (bicyclic) bond motifs is 1. The van der Waals surface area contributed by atoms with Crippen LogP contribution in [0.25, 0.3) is 33.8 Å². The van der Waals surface area contributed by atoms with Crippen molar-refractivity contribution in [1.82, 2.24) is 15.1 Å². The zero-order valence-corrected chi connectivity index (χ0v) is 12.6. The van der Waals surface area contributed by atoms with Gasteiger partial charge in [0.1, 0.15) is 16.9 Å². The van der Waals surface area contributed by atoms with Crippen molar-refractivity contribution in [3.05, 3.63) is 59.2 Å². The summed E-state index contributed by atoms with van der Waals surface area (Å²) in [5, 5.41) is 4.63. The summed E-state index contributed by atoms with van der Waals surface area (Å²) in [4.78, 5) is 20.4. The van der Waals surface area contributed by atoms with E-state index in [9.17, 15) is 4.79 Å². The first kappa shape index (κ1) is 14.1. The van der Waals surface area contributed by atoms with Crippen molar-refractivity contribution in [3.8, 4) is 28.6 Å². The third-order valence-corrected chi connectivity index (χ3v) is 3.54. The highest BCUT2D eigenvalue weighted by molar-refractivity contribution is 5.81. The Kier molecular flexibility index (Phi) is 3.31. The van der Waals surface area contributed by atoms with Gasteiger partial charge in [-0.05, 0) is 30.3 Å². The van der Waals surface area contributed by atoms with E-state index in [1.807, 2.05) is 0 Å². The number of ether oxygens (including phenoxy) is 1. The van der Waals surface area contributed by atoms with E-state index in [0.29, 0.717) is 17.2 Å². The highest BCUT2D eigenvalue weighted by Crippen LogP contribution is 2.25. The Bertz CT molecular complexity index is 1070. The summed E-state index contributed by atoms with van der Waals surface area (Å²) >= 11 is 0. The molecular formula is C17H11N3O4. The van der Waals surface area contributed by atoms with Crippen molar-refractivity contribution in [2.75, 3.05) is 7.11 Å². The van der Waals surface area contributed by atoms with E-state index >= 15 is 0 Å². The minimum absolute atomic E-state index is 0.105. The SMILES string of the molecule is COc1ccc2cc(-c3nc(-c4ccncc4)no3)c(=O)oc2c1. The lowest BCUT2D eigenvalue weighted by molar-refractivity contribution is 0.414. The van der Waals surface area contributed by atoms with Crippen molar-refractivity contribution >= 4 is 11.0 Å². The van der Waals surface area contributed by atoms with E-state index in [0.717, 1.165) is 10.9 Å². The third kappa shape index (κ3) is 2.41. The van der Waals surface area contributed by atoms with Crippen molar-refractivity contribution < 1.29 is 13.7 Å². The van der Waals surface area contributed by atoms with Crippen LogP contribution >= 0.6 is 0 Å². The molecular weight excluding hydrogens is 310 g/mol. The Labute approximate surface area is 135 Å². The van der Waals surface area contributed by atoms with Crippen molar-refractivity contribution in [3.63, 3.8) is 0 Å². The average Bonchev–Trinajstić information content (AvgIpc) is 3.11. The molecule has 0 unspecified atom stereocenters. The Hall–Kier alpha value is -3.48. The van der Waals surface area contributed by atoms with Crippen LogP contribution in [0.3, 0.4) is 0 Å². The molecule has 3 heterocycles. The summed E-state index contributed by atoms with van der Waals surface area (Å²) in [6.07, 6.45) is 3.26. The molecule has 0 atom stereocenters. The van der Waals surface area contributed by atoms with Gasteiger partial charge in [-0.1, -0.05) is 5.16 Å². The van der Waals surface area contributed by atoms with Gasteiger partial charge in [0.2, 0.25) is 5.82 Å². The summed E-state index contributed by atoms with van der Waals surface area (Å²) < 4.78 is 15.7. The lowest BCUT2D eigenvalue weighted by atomic mass is 10.2. The van der Waals surface area contributed by atoms with Crippen molar-refractivity contribution in [2.45, 2.75) is 0 Å². The number of hydrogen-bond donors (Lipinski definition) is 0. The molecule has 0 bridgehead atoms. The second-order valence-electron chi connectivity index (χ2n) is 5.01. The quantitative estimate of drug-likeness (QED) is 0.536. The number of nitrogens with zero attached hydrogens (tertiary/aromatic N) is 3. The van der Waals surface area contributed by atoms with Gasteiger partial charge in [0.05, 0.1) is 7.11 Å². The first-order valence-electron chi connectivity index (χ1n) is 7.11. The van der Waals surface area contributed by atoms with Crippen LogP contribution in [0.2, 0.25) is 0 Å². The van der Waals surface area contributed by atoms with Gasteiger partial charge in [0, 0.05) is 29.4 Å². The summed E-state index contributed by atoms with van der Waals surface area (Å²) in [6, 6.07) is 10.4. The second kappa shape index (κ2) is 5.62. The minimum atomic E-state index is -0.555. The molecule has 4 aromatic rings. The van der Waals surface area contributed by atoms with Gasteiger partial charge in [-0.2, -0.15) is 4.98 Å². The third-order valence-electron chi connectivity index (χ3n) is 3.54. The van der Waals surface area contributed by atoms with E-state index in [2.05, 4.69) is 15.1 Å². The predicted octanol–water partition coefficient (Wildman–Crippen LogP) is 2.91. The van der Waals surface area contributed by atoms with Crippen LogP contribution in [-0.4, -0.2) is 22.2 Å². The Morgan fingerprint density at radius 3 is 2.71 bits per heavy atom. The number of hydrogen-bond acceptors (Lipinski definition) is 7. The zero-order chi connectivity index (χ0) is 16.5. The van der Waals surface area contributed by atoms with Gasteiger partial charge in [-0.15, -0.1) is 0 Å². The molecule has 0 fully saturated rings. The molecule has 0 N–H and O–H groups in total. The summed E-state index contributed by atoms with van der Waals surface area (Å²) in [6.45, 7) is 0. The standard InChI is InChI=1S/C17H11N3O4/c1-22-12-3-2-11-8-13(17(21)23-14(11)9-12)16-19-15(20-24-16)10-4-6-18-7-5-10/h2-9H,1H3. The molecule has 3 aromatic heterocycles. The Morgan fingerprint density at radius 2 is 1.92 bits per heavy atom. The number of aromatic nitrogens is 3. The van der Waals surface area contributed by atoms with Gasteiger partial charge < -0.3 is 13.7 Å². The van der Waals surface area contributed by atoms with E-state index < -0.39 is 5.63 Å². The second-order valence-corrected chi connectivity index (χ2v) is 5.01. The first-order chi connectivity index (χ1) is 11.7. The maximum Gasteiger partial charge on any atom is 0.349 e. The zero-order valence-electron chi connectivity index (χ0n) is 12.6. The molecule has 4 rings (SSSR count). The Morgan fingerprint density at radius 1 is 1.08 bits per heavy atom. The highest BCUT2D eigenvalue weighted by atomic mass is 16.5. The molecule has 24 heavy (non-hydrogen) atoms. The molecule has 118 valence electrons. The van der Waals surface area contributed by atoms with Gasteiger partial charge in [0.15, 0.2) is 0 Å². The monoisotopic (exact) mass is 321 g/mol. The molecule has 0 spiro atoms. The molecule has 0 radical (unpaired) electrons. The molecule has 0 saturated carbocycles. The maximum atomic E-state index is 12.2. The van der Waals surface area contributed by atoms with Crippen LogP contribution in [0.1, 0.15) is 0 Å². The number of methoxy groups -OCH3 is 1. The van der Waals surface area contributed by atoms with E-state index in [1.165, 1.54) is 0 Å². The van der Waals surface area contributed by atoms with Gasteiger partial charge in [0.25, 0.3) is 5.89 Å². The maximum absolute atomic E-state index is 12.2. The summed E-state index contributed by atoms with van der Waals surface area (Å²) in [5.74, 6) is 1.09. The molecule has 0 aliphatic heterocycles. The molecule has 0 amide bonds. The fraction of sp³-hybridized carbons (Fsp3) is 0.0588. The Balaban J connectivity index is 1.81. The van der Waals surface area contributed by atoms with Crippen LogP contribution in [0.5, 0.6) is 5.75 Å². The van der Waals surface area contributed by atoms with Crippen LogP contribution in [0.4, 0.5) is 0 Å². The van der Waals surface area contributed by atoms with Crippen molar-refractivity contribution in [1.29, 1.82) is 0 Å². The van der Waals surface area contributed by atoms with Crippen molar-refractivity contribution in [2.24, 2.45) is 0 Å². The number of rotatable bonds is 3. The van der Waals surface area contributed by atoms with E-state index in [1.54, 1.807) is 55.9 Å². The lowest BCUT2D eigenvalue weighted by Crippen LogP contribution is -2.03. The molecule has 1 aromatic carbocycles. The summed E-state index contributed by atoms with van der Waals surface area (Å²) in [7, 11) is 1.55. The van der Waals surface area contributed by atoms with Crippen LogP contribution in [0, 0.1) is 0 Å². The van der Waals surface area contributed by atoms with Crippen LogP contribution in [0.15, 0.2) is 62.5 Å². The van der Waals surface area contributed by atoms with Crippen LogP contribution < -0.4 is 10.4 Å². The smallest absolute Gasteiger partial charge is 0.349 e. The largest absolute Gasteiger partial charge is 0.497 e. The topological polar surface area (TPSA) is 91.3 Å². The highest BCUT2D eigenvalue weighted by Gasteiger charge is 2.16. The minimum Gasteiger partial charge on any atom is -0.497 e.